The minimum absolute atomic E-state index is 0.140. The summed E-state index contributed by atoms with van der Waals surface area (Å²) in [6.07, 6.45) is 1.89. The van der Waals surface area contributed by atoms with Gasteiger partial charge in [0.05, 0.1) is 13.7 Å². The van der Waals surface area contributed by atoms with Crippen LogP contribution >= 0.6 is 0 Å². The summed E-state index contributed by atoms with van der Waals surface area (Å²) in [5.41, 5.74) is 0.816. The zero-order valence-corrected chi connectivity index (χ0v) is 14.0. The van der Waals surface area contributed by atoms with Crippen molar-refractivity contribution >= 4 is 12.0 Å². The minimum Gasteiger partial charge on any atom is -0.453 e. The maximum absolute atomic E-state index is 12.4. The van der Waals surface area contributed by atoms with Crippen molar-refractivity contribution in [2.45, 2.75) is 31.8 Å². The number of piperidine rings is 1. The Hall–Kier alpha value is -2.90. The Labute approximate surface area is 145 Å². The maximum atomic E-state index is 12.4. The Balaban J connectivity index is 1.60. The molecular weight excluding hydrogens is 324 g/mol. The van der Waals surface area contributed by atoms with Crippen LogP contribution in [0, 0.1) is 0 Å². The van der Waals surface area contributed by atoms with Gasteiger partial charge in [-0.05, 0) is 31.4 Å². The van der Waals surface area contributed by atoms with Gasteiger partial charge in [-0.2, -0.15) is 4.98 Å². The number of nitrogens with zero attached hydrogens (tertiary/aromatic N) is 3. The predicted octanol–water partition coefficient (Wildman–Crippen LogP) is 1.97. The lowest BCUT2D eigenvalue weighted by Crippen LogP contribution is -2.51. The number of carbonyl (C=O) groups excluding carboxylic acids is 2. The molecule has 1 aromatic carbocycles. The van der Waals surface area contributed by atoms with E-state index in [4.69, 9.17) is 9.26 Å². The Morgan fingerprint density at radius 1 is 1.32 bits per heavy atom. The molecule has 0 saturated carbocycles. The lowest BCUT2D eigenvalue weighted by atomic mass is 10.0. The second kappa shape index (κ2) is 7.78. The molecular formula is C17H20N4O4. The van der Waals surface area contributed by atoms with Crippen LogP contribution in [0.25, 0.3) is 11.5 Å². The first-order valence-corrected chi connectivity index (χ1v) is 8.19. The van der Waals surface area contributed by atoms with Crippen LogP contribution in [0.3, 0.4) is 0 Å². The molecule has 132 valence electrons. The van der Waals surface area contributed by atoms with E-state index in [2.05, 4.69) is 15.5 Å². The number of hydrogen-bond acceptors (Lipinski definition) is 6. The van der Waals surface area contributed by atoms with Gasteiger partial charge in [0.15, 0.2) is 5.82 Å². The van der Waals surface area contributed by atoms with E-state index in [9.17, 15) is 9.59 Å². The van der Waals surface area contributed by atoms with Gasteiger partial charge >= 0.3 is 6.09 Å². The average Bonchev–Trinajstić information content (AvgIpc) is 3.15. The molecule has 2 heterocycles. The monoisotopic (exact) mass is 344 g/mol. The van der Waals surface area contributed by atoms with Crippen LogP contribution in [0.1, 0.15) is 25.1 Å². The second-order valence-corrected chi connectivity index (χ2v) is 5.77. The van der Waals surface area contributed by atoms with Gasteiger partial charge in [-0.15, -0.1) is 0 Å². The number of carbonyl (C=O) groups is 2. The molecule has 1 saturated heterocycles. The fourth-order valence-corrected chi connectivity index (χ4v) is 2.85. The van der Waals surface area contributed by atoms with E-state index >= 15 is 0 Å². The van der Waals surface area contributed by atoms with Crippen molar-refractivity contribution < 1.29 is 18.8 Å². The summed E-state index contributed by atoms with van der Waals surface area (Å²) in [6.45, 7) is 0.659. The molecule has 1 aliphatic rings. The Morgan fingerprint density at radius 2 is 2.12 bits per heavy atom. The van der Waals surface area contributed by atoms with Crippen molar-refractivity contribution in [1.82, 2.24) is 20.4 Å². The third-order valence-electron chi connectivity index (χ3n) is 4.12. The molecule has 1 aromatic heterocycles. The molecule has 25 heavy (non-hydrogen) atoms. The zero-order valence-electron chi connectivity index (χ0n) is 14.0. The van der Waals surface area contributed by atoms with Crippen LogP contribution in [0.2, 0.25) is 0 Å². The smallest absolute Gasteiger partial charge is 0.410 e. The normalized spacial score (nSPS) is 17.2. The summed E-state index contributed by atoms with van der Waals surface area (Å²) < 4.78 is 9.96. The number of hydrogen-bond donors (Lipinski definition) is 1. The van der Waals surface area contributed by atoms with Gasteiger partial charge in [0, 0.05) is 12.1 Å². The van der Waals surface area contributed by atoms with E-state index in [1.54, 1.807) is 0 Å². The van der Waals surface area contributed by atoms with Crippen molar-refractivity contribution in [3.05, 3.63) is 36.2 Å². The number of benzene rings is 1. The summed E-state index contributed by atoms with van der Waals surface area (Å²) in [5, 5.41) is 6.64. The highest BCUT2D eigenvalue weighted by atomic mass is 16.5. The molecule has 8 nitrogen and oxygen atoms in total. The summed E-state index contributed by atoms with van der Waals surface area (Å²) in [5.74, 6) is 0.544. The van der Waals surface area contributed by atoms with Crippen molar-refractivity contribution in [3.8, 4) is 11.5 Å². The molecule has 1 aliphatic heterocycles. The Kier molecular flexibility index (Phi) is 5.27. The van der Waals surface area contributed by atoms with Crippen molar-refractivity contribution in [2.24, 2.45) is 0 Å². The van der Waals surface area contributed by atoms with Crippen LogP contribution in [-0.4, -0.2) is 46.7 Å². The van der Waals surface area contributed by atoms with E-state index < -0.39 is 12.1 Å². The number of amides is 2. The third-order valence-corrected chi connectivity index (χ3v) is 4.12. The van der Waals surface area contributed by atoms with Gasteiger partial charge in [-0.25, -0.2) is 4.79 Å². The van der Waals surface area contributed by atoms with E-state index in [-0.39, 0.29) is 12.5 Å². The van der Waals surface area contributed by atoms with Crippen molar-refractivity contribution in [2.75, 3.05) is 13.7 Å². The van der Waals surface area contributed by atoms with Crippen molar-refractivity contribution in [1.29, 1.82) is 0 Å². The highest BCUT2D eigenvalue weighted by Crippen LogP contribution is 2.19. The largest absolute Gasteiger partial charge is 0.453 e. The maximum Gasteiger partial charge on any atom is 0.410 e. The molecule has 2 amide bonds. The SMILES string of the molecule is COC(=O)N1CCCC[C@@H]1C(=O)NCc1noc(-c2ccccc2)n1. The first kappa shape index (κ1) is 16.9. The van der Waals surface area contributed by atoms with Gasteiger partial charge < -0.3 is 14.6 Å². The fourth-order valence-electron chi connectivity index (χ4n) is 2.85. The van der Waals surface area contributed by atoms with Crippen LogP contribution in [0.4, 0.5) is 4.79 Å². The fraction of sp³-hybridized carbons (Fsp3) is 0.412. The molecule has 3 rings (SSSR count). The third kappa shape index (κ3) is 3.96. The van der Waals surface area contributed by atoms with Crippen LogP contribution in [-0.2, 0) is 16.1 Å². The van der Waals surface area contributed by atoms with E-state index in [1.807, 2.05) is 30.3 Å². The number of aromatic nitrogens is 2. The lowest BCUT2D eigenvalue weighted by Gasteiger charge is -2.33. The summed E-state index contributed by atoms with van der Waals surface area (Å²) in [7, 11) is 1.32. The number of likely N-dealkylation sites (tertiary alicyclic amines) is 1. The predicted molar refractivity (Wildman–Crippen MR) is 88.3 cm³/mol. The van der Waals surface area contributed by atoms with Gasteiger partial charge in [0.2, 0.25) is 5.91 Å². The van der Waals surface area contributed by atoms with Gasteiger partial charge in [0.25, 0.3) is 5.89 Å². The summed E-state index contributed by atoms with van der Waals surface area (Å²) in [4.78, 5) is 30.0. The van der Waals surface area contributed by atoms with Gasteiger partial charge in [-0.3, -0.25) is 9.69 Å². The number of rotatable bonds is 4. The highest BCUT2D eigenvalue weighted by Gasteiger charge is 2.32. The average molecular weight is 344 g/mol. The lowest BCUT2D eigenvalue weighted by molar-refractivity contribution is -0.127. The minimum atomic E-state index is -0.526. The molecule has 0 bridgehead atoms. The zero-order chi connectivity index (χ0) is 17.6. The molecule has 1 N–H and O–H groups in total. The molecule has 0 spiro atoms. The molecule has 0 radical (unpaired) electrons. The summed E-state index contributed by atoms with van der Waals surface area (Å²) in [6, 6.07) is 8.87. The number of methoxy groups -OCH3 is 1. The Bertz CT molecular complexity index is 731. The highest BCUT2D eigenvalue weighted by molar-refractivity contribution is 5.85. The molecule has 1 atom stereocenters. The van der Waals surface area contributed by atoms with E-state index in [1.165, 1.54) is 12.0 Å². The van der Waals surface area contributed by atoms with E-state index in [0.29, 0.717) is 24.7 Å². The second-order valence-electron chi connectivity index (χ2n) is 5.77. The van der Waals surface area contributed by atoms with Crippen molar-refractivity contribution in [3.63, 3.8) is 0 Å². The standard InChI is InChI=1S/C17H20N4O4/c1-24-17(23)21-10-6-5-9-13(21)15(22)18-11-14-19-16(25-20-14)12-7-3-2-4-8-12/h2-4,7-8,13H,5-6,9-11H2,1H3,(H,18,22)/t13-/m1/s1. The topological polar surface area (TPSA) is 97.6 Å². The van der Waals surface area contributed by atoms with E-state index in [0.717, 1.165) is 18.4 Å². The molecule has 0 unspecified atom stereocenters. The Morgan fingerprint density at radius 3 is 2.88 bits per heavy atom. The molecule has 8 heteroatoms. The first-order chi connectivity index (χ1) is 12.2. The first-order valence-electron chi connectivity index (χ1n) is 8.19. The van der Waals surface area contributed by atoms with Crippen LogP contribution in [0.15, 0.2) is 34.9 Å². The van der Waals surface area contributed by atoms with Gasteiger partial charge in [0.1, 0.15) is 6.04 Å². The summed E-state index contributed by atoms with van der Waals surface area (Å²) >= 11 is 0. The molecule has 2 aromatic rings. The van der Waals surface area contributed by atoms with Crippen LogP contribution < -0.4 is 5.32 Å². The molecule has 0 aliphatic carbocycles. The quantitative estimate of drug-likeness (QED) is 0.911. The van der Waals surface area contributed by atoms with Gasteiger partial charge in [-0.1, -0.05) is 23.4 Å². The number of nitrogens with one attached hydrogen (secondary N) is 1. The van der Waals surface area contributed by atoms with Crippen LogP contribution in [0.5, 0.6) is 0 Å². The molecule has 1 fully saturated rings. The number of ether oxygens (including phenoxy) is 1.